The molecule has 1 aliphatic heterocycles. The fourth-order valence-corrected chi connectivity index (χ4v) is 3.83. The van der Waals surface area contributed by atoms with Gasteiger partial charge in [-0.05, 0) is 74.9 Å². The average Bonchev–Trinajstić information content (AvgIpc) is 3.12. The summed E-state index contributed by atoms with van der Waals surface area (Å²) in [6, 6.07) is 2.46. The number of hydrogen-bond acceptors (Lipinski definition) is 5. The van der Waals surface area contributed by atoms with Gasteiger partial charge in [0.05, 0.1) is 12.6 Å². The lowest BCUT2D eigenvalue weighted by molar-refractivity contribution is 0.230. The second-order valence-corrected chi connectivity index (χ2v) is 6.61. The summed E-state index contributed by atoms with van der Waals surface area (Å²) < 4.78 is 4.90. The molecule has 5 nitrogen and oxygen atoms in total. The normalized spacial score (nSPS) is 18.7. The Labute approximate surface area is 137 Å². The minimum Gasteiger partial charge on any atom is -0.392 e. The highest BCUT2D eigenvalue weighted by Crippen LogP contribution is 2.35. The minimum absolute atomic E-state index is 0.0979. The van der Waals surface area contributed by atoms with Crippen molar-refractivity contribution in [2.24, 2.45) is 0 Å². The van der Waals surface area contributed by atoms with Gasteiger partial charge in [0.2, 0.25) is 0 Å². The predicted molar refractivity (Wildman–Crippen MR) is 88.0 cm³/mol. The average molecular weight is 315 g/mol. The maximum absolute atomic E-state index is 9.67. The second-order valence-electron chi connectivity index (χ2n) is 6.61. The predicted octanol–water partition coefficient (Wildman–Crippen LogP) is 3.13. The van der Waals surface area contributed by atoms with Crippen molar-refractivity contribution in [3.63, 3.8) is 0 Å². The molecule has 0 aliphatic carbocycles. The van der Waals surface area contributed by atoms with Crippen molar-refractivity contribution >= 4 is 0 Å². The number of aromatic nitrogens is 2. The van der Waals surface area contributed by atoms with E-state index >= 15 is 0 Å². The number of aryl methyl sites for hydroxylation is 3. The van der Waals surface area contributed by atoms with Gasteiger partial charge < -0.3 is 5.11 Å². The van der Waals surface area contributed by atoms with E-state index in [1.54, 1.807) is 0 Å². The SMILES string of the molecule is Cc1cc(C)c(CN2CCCC2c2nonc2C)c(C)c1CO. The zero-order chi connectivity index (χ0) is 16.6. The molecular formula is C18H25N3O2. The number of hydrogen-bond donors (Lipinski definition) is 1. The zero-order valence-electron chi connectivity index (χ0n) is 14.4. The van der Waals surface area contributed by atoms with Gasteiger partial charge in [0, 0.05) is 6.54 Å². The van der Waals surface area contributed by atoms with Gasteiger partial charge in [-0.25, -0.2) is 4.63 Å². The first-order chi connectivity index (χ1) is 11.0. The van der Waals surface area contributed by atoms with Crippen LogP contribution in [0.1, 0.15) is 58.1 Å². The molecule has 2 heterocycles. The Bertz CT molecular complexity index is 709. The quantitative estimate of drug-likeness (QED) is 0.939. The van der Waals surface area contributed by atoms with E-state index < -0.39 is 0 Å². The van der Waals surface area contributed by atoms with Gasteiger partial charge >= 0.3 is 0 Å². The summed E-state index contributed by atoms with van der Waals surface area (Å²) in [6.45, 7) is 10.3. The Balaban J connectivity index is 1.91. The molecule has 124 valence electrons. The molecule has 1 unspecified atom stereocenters. The first kappa shape index (κ1) is 16.1. The van der Waals surface area contributed by atoms with E-state index in [0.717, 1.165) is 42.9 Å². The number of aliphatic hydroxyl groups excluding tert-OH is 1. The fraction of sp³-hybridized carbons (Fsp3) is 0.556. The van der Waals surface area contributed by atoms with Crippen molar-refractivity contribution in [2.45, 2.75) is 59.7 Å². The van der Waals surface area contributed by atoms with Gasteiger partial charge in [0.25, 0.3) is 0 Å². The van der Waals surface area contributed by atoms with Crippen LogP contribution in [0.3, 0.4) is 0 Å². The number of nitrogens with zero attached hydrogens (tertiary/aromatic N) is 3. The Kier molecular flexibility index (Phi) is 4.50. The second kappa shape index (κ2) is 6.42. The van der Waals surface area contributed by atoms with Crippen LogP contribution in [0.15, 0.2) is 10.7 Å². The van der Waals surface area contributed by atoms with Gasteiger partial charge in [-0.2, -0.15) is 0 Å². The molecule has 1 aliphatic rings. The Morgan fingerprint density at radius 2 is 1.91 bits per heavy atom. The molecule has 0 amide bonds. The van der Waals surface area contributed by atoms with Crippen LogP contribution < -0.4 is 0 Å². The highest BCUT2D eigenvalue weighted by molar-refractivity contribution is 5.44. The molecule has 1 saturated heterocycles. The molecule has 1 aromatic heterocycles. The van der Waals surface area contributed by atoms with E-state index in [-0.39, 0.29) is 12.6 Å². The lowest BCUT2D eigenvalue weighted by Crippen LogP contribution is -2.25. The summed E-state index contributed by atoms with van der Waals surface area (Å²) in [5, 5.41) is 17.7. The smallest absolute Gasteiger partial charge is 0.125 e. The molecule has 3 rings (SSSR count). The molecule has 1 atom stereocenters. The van der Waals surface area contributed by atoms with Crippen molar-refractivity contribution in [3.8, 4) is 0 Å². The maximum atomic E-state index is 9.67. The van der Waals surface area contributed by atoms with Crippen molar-refractivity contribution in [1.82, 2.24) is 15.2 Å². The number of rotatable bonds is 4. The molecule has 5 heteroatoms. The van der Waals surface area contributed by atoms with Crippen LogP contribution in [0.4, 0.5) is 0 Å². The van der Waals surface area contributed by atoms with Crippen LogP contribution in [-0.4, -0.2) is 26.9 Å². The third-order valence-corrected chi connectivity index (χ3v) is 5.18. The number of likely N-dealkylation sites (tertiary alicyclic amines) is 1. The van der Waals surface area contributed by atoms with Crippen LogP contribution in [0.25, 0.3) is 0 Å². The summed E-state index contributed by atoms with van der Waals surface area (Å²) in [5.74, 6) is 0. The van der Waals surface area contributed by atoms with Gasteiger partial charge in [-0.15, -0.1) is 0 Å². The molecule has 1 aromatic carbocycles. The van der Waals surface area contributed by atoms with E-state index in [1.165, 1.54) is 22.3 Å². The third kappa shape index (κ3) is 2.91. The minimum atomic E-state index is 0.0979. The molecule has 0 saturated carbocycles. The lowest BCUT2D eigenvalue weighted by Gasteiger charge is -2.26. The monoisotopic (exact) mass is 315 g/mol. The molecule has 0 radical (unpaired) electrons. The molecular weight excluding hydrogens is 290 g/mol. The summed E-state index contributed by atoms with van der Waals surface area (Å²) in [4.78, 5) is 2.46. The highest BCUT2D eigenvalue weighted by atomic mass is 16.6. The van der Waals surface area contributed by atoms with Crippen LogP contribution in [0.2, 0.25) is 0 Å². The van der Waals surface area contributed by atoms with Gasteiger partial charge in [-0.1, -0.05) is 16.4 Å². The van der Waals surface area contributed by atoms with Gasteiger partial charge in [0.15, 0.2) is 0 Å². The first-order valence-electron chi connectivity index (χ1n) is 8.25. The molecule has 1 N–H and O–H groups in total. The topological polar surface area (TPSA) is 62.4 Å². The summed E-state index contributed by atoms with van der Waals surface area (Å²) >= 11 is 0. The van der Waals surface area contributed by atoms with Crippen molar-refractivity contribution in [3.05, 3.63) is 45.3 Å². The fourth-order valence-electron chi connectivity index (χ4n) is 3.83. The molecule has 23 heavy (non-hydrogen) atoms. The van der Waals surface area contributed by atoms with E-state index in [0.29, 0.717) is 0 Å². The van der Waals surface area contributed by atoms with Crippen molar-refractivity contribution < 1.29 is 9.74 Å². The lowest BCUT2D eigenvalue weighted by atomic mass is 9.93. The molecule has 0 bridgehead atoms. The Morgan fingerprint density at radius 3 is 2.57 bits per heavy atom. The first-order valence-corrected chi connectivity index (χ1v) is 8.25. The van der Waals surface area contributed by atoms with Crippen LogP contribution >= 0.6 is 0 Å². The van der Waals surface area contributed by atoms with Crippen molar-refractivity contribution in [2.75, 3.05) is 6.54 Å². The van der Waals surface area contributed by atoms with E-state index in [1.807, 2.05) is 6.92 Å². The van der Waals surface area contributed by atoms with E-state index in [2.05, 4.69) is 42.1 Å². The van der Waals surface area contributed by atoms with Gasteiger partial charge in [-0.3, -0.25) is 4.90 Å². The molecule has 0 spiro atoms. The summed E-state index contributed by atoms with van der Waals surface area (Å²) in [6.07, 6.45) is 2.25. The molecule has 2 aromatic rings. The zero-order valence-corrected chi connectivity index (χ0v) is 14.4. The maximum Gasteiger partial charge on any atom is 0.125 e. The van der Waals surface area contributed by atoms with Crippen LogP contribution in [-0.2, 0) is 13.2 Å². The van der Waals surface area contributed by atoms with Crippen LogP contribution in [0.5, 0.6) is 0 Å². The van der Waals surface area contributed by atoms with Gasteiger partial charge in [0.1, 0.15) is 11.4 Å². The largest absolute Gasteiger partial charge is 0.392 e. The molecule has 1 fully saturated rings. The van der Waals surface area contributed by atoms with Crippen LogP contribution in [0, 0.1) is 27.7 Å². The van der Waals surface area contributed by atoms with E-state index in [9.17, 15) is 5.11 Å². The third-order valence-electron chi connectivity index (χ3n) is 5.18. The summed E-state index contributed by atoms with van der Waals surface area (Å²) in [7, 11) is 0. The van der Waals surface area contributed by atoms with Crippen molar-refractivity contribution in [1.29, 1.82) is 0 Å². The van der Waals surface area contributed by atoms with E-state index in [4.69, 9.17) is 4.63 Å². The number of benzene rings is 1. The standard InChI is InChI=1S/C18H25N3O2/c1-11-8-12(2)16(10-22)13(3)15(11)9-21-7-5-6-17(21)18-14(4)19-23-20-18/h8,17,22H,5-7,9-10H2,1-4H3. The Hall–Kier alpha value is -1.72. The highest BCUT2D eigenvalue weighted by Gasteiger charge is 2.31. The summed E-state index contributed by atoms with van der Waals surface area (Å²) in [5.41, 5.74) is 7.90. The number of aliphatic hydroxyl groups is 1. The Morgan fingerprint density at radius 1 is 1.17 bits per heavy atom.